The van der Waals surface area contributed by atoms with E-state index >= 15 is 0 Å². The van der Waals surface area contributed by atoms with E-state index in [9.17, 15) is 33.6 Å². The predicted octanol–water partition coefficient (Wildman–Crippen LogP) is 13.1. The summed E-state index contributed by atoms with van der Waals surface area (Å²) in [5.41, 5.74) is 1.44. The molecular weight excluding hydrogens is 1250 g/mol. The SMILES string of the molecule is CCC1CCC(=O)CC1.CCNC(=O)C1CCC(CC(=O)OCC)CC1.CCNCC1CCC(CC(=O)OCC)CC1.CCOC(=O)CC1CCC(Cc2ccccc2)CC1.CCOC(=O)CC1CCCCC1.CCOC(=O)CC1CCCCC1.O=C=O.O=C=O.O=C=O.O=C=O. The Hall–Kier alpha value is -6.81. The largest absolute Gasteiger partial charge is 0.466 e. The number of amides is 1. The number of carbonyl (C=O) groups is 7. The third-order valence-corrected chi connectivity index (χ3v) is 18.0. The van der Waals surface area contributed by atoms with Gasteiger partial charge in [0.05, 0.1) is 33.0 Å². The van der Waals surface area contributed by atoms with Crippen LogP contribution in [0.4, 0.5) is 0 Å². The van der Waals surface area contributed by atoms with E-state index in [-0.39, 0.29) is 66.3 Å². The summed E-state index contributed by atoms with van der Waals surface area (Å²) in [5.74, 6) is 5.82. The molecule has 1 aromatic carbocycles. The first-order chi connectivity index (χ1) is 46.8. The van der Waals surface area contributed by atoms with E-state index in [1.54, 1.807) is 0 Å². The van der Waals surface area contributed by atoms with E-state index in [0.29, 0.717) is 107 Å². The molecule has 0 saturated heterocycles. The Balaban J connectivity index is -0.00000107. The lowest BCUT2D eigenvalue weighted by Gasteiger charge is -2.28. The summed E-state index contributed by atoms with van der Waals surface area (Å²) in [6.07, 6.45) is 36.7. The molecule has 6 fully saturated rings. The highest BCUT2D eigenvalue weighted by molar-refractivity contribution is 5.79. The van der Waals surface area contributed by atoms with Crippen molar-refractivity contribution in [2.45, 2.75) is 267 Å². The third kappa shape index (κ3) is 56.9. The van der Waals surface area contributed by atoms with E-state index < -0.39 is 0 Å². The first kappa shape index (κ1) is 94.4. The second-order valence-corrected chi connectivity index (χ2v) is 25.2. The second-order valence-electron chi connectivity index (χ2n) is 25.2. The van der Waals surface area contributed by atoms with E-state index in [0.717, 1.165) is 82.2 Å². The highest BCUT2D eigenvalue weighted by Gasteiger charge is 2.28. The first-order valence-electron chi connectivity index (χ1n) is 36.1. The van der Waals surface area contributed by atoms with Crippen molar-refractivity contribution in [2.24, 2.45) is 53.3 Å². The standard InChI is InChI=1S/C17H24O2.C13H23NO3.C13H25NO2.2C10H18O2.C8H14O.4CO2/c1-2-19-17(18)13-16-10-8-15(9-11-16)12-14-6-4-3-5-7-14;1-3-14-13(16)11-7-5-10(6-8-11)9-12(15)17-4-2;1-3-14-10-12-7-5-11(6-8-12)9-13(15)16-4-2;2*1-2-12-10(11)8-9-6-4-3-5-7-9;1-2-7-3-5-8(9)6-4-7;4*2-1-3/h3-7,15-16H,2,8-13H2,1H3;10-11H,3-9H2,1-2H3,(H,14,16);11-12,14H,3-10H2,1-2H3;2*9H,2-8H2,1H3;7H,2-6H2,1H3;;;;. The molecule has 0 aromatic heterocycles. The molecule has 6 aliphatic carbocycles. The minimum absolute atomic E-state index is 0.00981. The molecule has 0 spiro atoms. The lowest BCUT2D eigenvalue weighted by molar-refractivity contribution is -0.193. The van der Waals surface area contributed by atoms with Gasteiger partial charge >= 0.3 is 54.5 Å². The Morgan fingerprint density at radius 1 is 0.371 bits per heavy atom. The van der Waals surface area contributed by atoms with Crippen LogP contribution in [-0.2, 0) is 102 Å². The number of benzene rings is 1. The van der Waals surface area contributed by atoms with Crippen LogP contribution in [0.25, 0.3) is 0 Å². The molecule has 6 saturated carbocycles. The maximum atomic E-state index is 11.6. The number of nitrogens with one attached hydrogen (secondary N) is 2. The number of rotatable bonds is 23. The zero-order chi connectivity index (χ0) is 73.1. The molecule has 6 aliphatic rings. The van der Waals surface area contributed by atoms with Crippen LogP contribution in [0, 0.1) is 53.3 Å². The molecule has 0 bridgehead atoms. The molecule has 0 radical (unpaired) electrons. The summed E-state index contributed by atoms with van der Waals surface area (Å²) >= 11 is 0. The van der Waals surface area contributed by atoms with Gasteiger partial charge in [0.2, 0.25) is 5.91 Å². The zero-order valence-electron chi connectivity index (χ0n) is 60.2. The summed E-state index contributed by atoms with van der Waals surface area (Å²) in [5, 5.41) is 6.26. The van der Waals surface area contributed by atoms with Gasteiger partial charge in [0, 0.05) is 57.4 Å². The maximum Gasteiger partial charge on any atom is 0.373 e. The van der Waals surface area contributed by atoms with Gasteiger partial charge in [-0.2, -0.15) is 38.4 Å². The van der Waals surface area contributed by atoms with Gasteiger partial charge in [-0.25, -0.2) is 0 Å². The van der Waals surface area contributed by atoms with Crippen molar-refractivity contribution >= 4 is 66.1 Å². The van der Waals surface area contributed by atoms with Crippen molar-refractivity contribution in [3.8, 4) is 0 Å². The third-order valence-electron chi connectivity index (χ3n) is 18.0. The molecule has 97 heavy (non-hydrogen) atoms. The first-order valence-corrected chi connectivity index (χ1v) is 36.1. The van der Waals surface area contributed by atoms with Gasteiger partial charge < -0.3 is 34.3 Å². The number of ketones is 1. The molecule has 2 N–H and O–H groups in total. The Bertz CT molecular complexity index is 2200. The molecule has 1 amide bonds. The van der Waals surface area contributed by atoms with Crippen molar-refractivity contribution in [3.05, 3.63) is 35.9 Å². The Labute approximate surface area is 579 Å². The van der Waals surface area contributed by atoms with Crippen LogP contribution >= 0.6 is 0 Å². The highest BCUT2D eigenvalue weighted by atomic mass is 16.5. The molecular formula is C75H122N2O20. The van der Waals surface area contributed by atoms with Crippen LogP contribution in [0.2, 0.25) is 0 Å². The Morgan fingerprint density at radius 3 is 0.969 bits per heavy atom. The zero-order valence-corrected chi connectivity index (χ0v) is 60.2. The summed E-state index contributed by atoms with van der Waals surface area (Å²) in [4.78, 5) is 144. The van der Waals surface area contributed by atoms with Gasteiger partial charge in [-0.05, 0) is 230 Å². The molecule has 22 heteroatoms. The van der Waals surface area contributed by atoms with E-state index in [1.807, 2.05) is 41.5 Å². The fourth-order valence-electron chi connectivity index (χ4n) is 13.0. The van der Waals surface area contributed by atoms with Gasteiger partial charge in [0.15, 0.2) is 0 Å². The van der Waals surface area contributed by atoms with E-state index in [2.05, 4.69) is 54.8 Å². The average Bonchev–Trinajstić information content (AvgIpc) is 1.18. The molecule has 0 atom stereocenters. The molecule has 0 aliphatic heterocycles. The number of esters is 5. The Morgan fingerprint density at radius 2 is 0.670 bits per heavy atom. The second kappa shape index (κ2) is 67.7. The van der Waals surface area contributed by atoms with E-state index in [4.69, 9.17) is 62.0 Å². The minimum atomic E-state index is -0.103. The molecule has 0 unspecified atom stereocenters. The van der Waals surface area contributed by atoms with E-state index in [1.165, 1.54) is 134 Å². The summed E-state index contributed by atoms with van der Waals surface area (Å²) in [7, 11) is 0. The van der Waals surface area contributed by atoms with Gasteiger partial charge in [-0.1, -0.05) is 89.1 Å². The minimum Gasteiger partial charge on any atom is -0.466 e. The number of ether oxygens (including phenoxy) is 5. The molecule has 22 nitrogen and oxygen atoms in total. The average molecular weight is 1370 g/mol. The molecule has 552 valence electrons. The van der Waals surface area contributed by atoms with Gasteiger partial charge in [-0.15, -0.1) is 0 Å². The number of carbonyl (C=O) groups excluding carboxylic acids is 15. The smallest absolute Gasteiger partial charge is 0.373 e. The summed E-state index contributed by atoms with van der Waals surface area (Å²) in [6.45, 7) is 21.0. The predicted molar refractivity (Wildman–Crippen MR) is 360 cm³/mol. The maximum absolute atomic E-state index is 11.6. The number of hydrogen-bond donors (Lipinski definition) is 2. The number of Topliss-reactive ketones (excluding diaryl/α,β-unsaturated/α-hetero) is 1. The Kier molecular flexibility index (Phi) is 65.9. The topological polar surface area (TPSA) is 326 Å². The monoisotopic (exact) mass is 1370 g/mol. The van der Waals surface area contributed by atoms with Crippen LogP contribution in [0.1, 0.15) is 266 Å². The van der Waals surface area contributed by atoms with Crippen molar-refractivity contribution in [1.29, 1.82) is 0 Å². The van der Waals surface area contributed by atoms with Gasteiger partial charge in [-0.3, -0.25) is 33.6 Å². The molecule has 0 heterocycles. The fourth-order valence-corrected chi connectivity index (χ4v) is 13.0. The van der Waals surface area contributed by atoms with Crippen LogP contribution < -0.4 is 10.6 Å². The van der Waals surface area contributed by atoms with Crippen LogP contribution in [-0.4, -0.2) is 119 Å². The fraction of sp³-hybridized carbons (Fsp3) is 0.773. The highest BCUT2D eigenvalue weighted by Crippen LogP contribution is 2.35. The quantitative estimate of drug-likeness (QED) is 0.0759. The van der Waals surface area contributed by atoms with Crippen molar-refractivity contribution in [1.82, 2.24) is 10.6 Å². The van der Waals surface area contributed by atoms with Gasteiger partial charge in [0.1, 0.15) is 5.78 Å². The van der Waals surface area contributed by atoms with Crippen molar-refractivity contribution < 1.29 is 95.6 Å². The molecule has 7 rings (SSSR count). The van der Waals surface area contributed by atoms with Crippen molar-refractivity contribution in [3.63, 3.8) is 0 Å². The normalized spacial score (nSPS) is 20.1. The van der Waals surface area contributed by atoms with Gasteiger partial charge in [0.25, 0.3) is 0 Å². The van der Waals surface area contributed by atoms with Crippen molar-refractivity contribution in [2.75, 3.05) is 52.7 Å². The summed E-state index contributed by atoms with van der Waals surface area (Å²) in [6, 6.07) is 10.7. The van der Waals surface area contributed by atoms with Crippen LogP contribution in [0.5, 0.6) is 0 Å². The number of hydrogen-bond acceptors (Lipinski definition) is 21. The van der Waals surface area contributed by atoms with Crippen LogP contribution in [0.15, 0.2) is 30.3 Å². The lowest BCUT2D eigenvalue weighted by Crippen LogP contribution is -2.33. The summed E-state index contributed by atoms with van der Waals surface area (Å²) < 4.78 is 24.8. The van der Waals surface area contributed by atoms with Crippen LogP contribution in [0.3, 0.4) is 0 Å². The molecule has 1 aromatic rings. The lowest BCUT2D eigenvalue weighted by atomic mass is 9.78.